The molecular weight excluding hydrogens is 420 g/mol. The molecule has 1 aromatic carbocycles. The lowest BCUT2D eigenvalue weighted by Gasteiger charge is -2.24. The summed E-state index contributed by atoms with van der Waals surface area (Å²) in [6, 6.07) is 5.52. The van der Waals surface area contributed by atoms with Gasteiger partial charge in [-0.15, -0.1) is 4.94 Å². The van der Waals surface area contributed by atoms with Gasteiger partial charge in [0.05, 0.1) is 11.9 Å². The van der Waals surface area contributed by atoms with Gasteiger partial charge in [-0.05, 0) is 53.3 Å². The fraction of sp³-hybridized carbons (Fsp3) is 0.0714. The highest BCUT2D eigenvalue weighted by atomic mass is 127. The molecule has 3 rings (SSSR count). The summed E-state index contributed by atoms with van der Waals surface area (Å²) in [7, 11) is 0. The van der Waals surface area contributed by atoms with Crippen LogP contribution in [0.5, 0.6) is 0 Å². The van der Waals surface area contributed by atoms with E-state index in [1.807, 2.05) is 19.1 Å². The second-order valence-corrected chi connectivity index (χ2v) is 5.94. The Morgan fingerprint density at radius 2 is 2.30 bits per heavy atom. The molecule has 1 aromatic rings. The van der Waals surface area contributed by atoms with Gasteiger partial charge in [-0.25, -0.2) is 10.3 Å². The Bertz CT molecular complexity index is 775. The van der Waals surface area contributed by atoms with Crippen molar-refractivity contribution in [3.63, 3.8) is 0 Å². The van der Waals surface area contributed by atoms with E-state index in [0.29, 0.717) is 5.69 Å². The van der Waals surface area contributed by atoms with Crippen LogP contribution in [0, 0.1) is 10.5 Å². The van der Waals surface area contributed by atoms with E-state index in [0.717, 1.165) is 14.2 Å². The van der Waals surface area contributed by atoms with E-state index < -0.39 is 12.1 Å². The van der Waals surface area contributed by atoms with Gasteiger partial charge in [0, 0.05) is 15.3 Å². The van der Waals surface area contributed by atoms with Crippen molar-refractivity contribution in [2.24, 2.45) is 0 Å². The van der Waals surface area contributed by atoms with Crippen molar-refractivity contribution in [3.05, 3.63) is 62.7 Å². The average molecular weight is 431 g/mol. The molecule has 7 nitrogen and oxygen atoms in total. The molecule has 0 unspecified atom stereocenters. The number of nitrogens with one attached hydrogen (secondary N) is 2. The lowest BCUT2D eigenvalue weighted by atomic mass is 10.1. The van der Waals surface area contributed by atoms with Gasteiger partial charge >= 0.3 is 6.16 Å². The first-order valence-electron chi connectivity index (χ1n) is 6.44. The number of carbonyl (C=O) groups is 1. The maximum Gasteiger partial charge on any atom is 0.511 e. The Labute approximate surface area is 144 Å². The van der Waals surface area contributed by atoms with Gasteiger partial charge in [-0.2, -0.15) is 9.45 Å². The summed E-state index contributed by atoms with van der Waals surface area (Å²) in [5.74, 6) is -0.985. The molecule has 9 heteroatoms. The van der Waals surface area contributed by atoms with Crippen LogP contribution < -0.4 is 10.8 Å². The first-order chi connectivity index (χ1) is 11.0. The smallest absolute Gasteiger partial charge is 0.449 e. The van der Waals surface area contributed by atoms with E-state index in [1.54, 1.807) is 6.07 Å². The molecular formula is C14H11FIN3O4. The third-order valence-electron chi connectivity index (χ3n) is 3.14. The van der Waals surface area contributed by atoms with Crippen molar-refractivity contribution >= 4 is 34.4 Å². The molecule has 2 aliphatic heterocycles. The zero-order valence-corrected chi connectivity index (χ0v) is 13.9. The highest BCUT2D eigenvalue weighted by Crippen LogP contribution is 2.34. The van der Waals surface area contributed by atoms with Gasteiger partial charge in [-0.3, -0.25) is 0 Å². The number of ether oxygens (including phenoxy) is 1. The summed E-state index contributed by atoms with van der Waals surface area (Å²) >= 11 is 2.17. The van der Waals surface area contributed by atoms with E-state index in [2.05, 4.69) is 38.1 Å². The highest BCUT2D eigenvalue weighted by Gasteiger charge is 2.32. The number of hydrogen-bond acceptors (Lipinski definition) is 6. The van der Waals surface area contributed by atoms with Crippen molar-refractivity contribution in [1.82, 2.24) is 10.5 Å². The van der Waals surface area contributed by atoms with Crippen LogP contribution in [0.3, 0.4) is 0 Å². The van der Waals surface area contributed by atoms with Crippen molar-refractivity contribution < 1.29 is 24.0 Å². The number of halogens is 2. The van der Waals surface area contributed by atoms with Crippen LogP contribution in [0.2, 0.25) is 0 Å². The standard InChI is InChI=1S/C14H11FIN3O4/c1-7-4-8(16)2-3-10(7)18-12-11(22-14(20)21)5-9-6-17-23-19(9)13(12)15/h2-6,17-18H,1H3,(H,20,21). The van der Waals surface area contributed by atoms with E-state index >= 15 is 0 Å². The predicted octanol–water partition coefficient (Wildman–Crippen LogP) is 3.34. The molecule has 0 spiro atoms. The normalized spacial score (nSPS) is 16.4. The number of allylic oxidation sites excluding steroid dienone is 1. The predicted molar refractivity (Wildman–Crippen MR) is 87.0 cm³/mol. The number of aryl methyl sites for hydroxylation is 1. The molecule has 0 amide bonds. The first kappa shape index (κ1) is 15.6. The molecule has 0 saturated carbocycles. The van der Waals surface area contributed by atoms with Crippen molar-refractivity contribution in [2.45, 2.75) is 6.92 Å². The quantitative estimate of drug-likeness (QED) is 0.385. The molecule has 23 heavy (non-hydrogen) atoms. The van der Waals surface area contributed by atoms with Gasteiger partial charge < -0.3 is 15.2 Å². The molecule has 0 radical (unpaired) electrons. The van der Waals surface area contributed by atoms with E-state index in [4.69, 9.17) is 10.0 Å². The monoisotopic (exact) mass is 431 g/mol. The molecule has 0 atom stereocenters. The van der Waals surface area contributed by atoms with Crippen LogP contribution in [0.1, 0.15) is 5.56 Å². The van der Waals surface area contributed by atoms with E-state index in [1.165, 1.54) is 12.3 Å². The summed E-state index contributed by atoms with van der Waals surface area (Å²) < 4.78 is 20.3. The molecule has 0 fully saturated rings. The minimum Gasteiger partial charge on any atom is -0.449 e. The van der Waals surface area contributed by atoms with Crippen LogP contribution in [0.4, 0.5) is 14.9 Å². The minimum absolute atomic E-state index is 0.141. The SMILES string of the molecule is Cc1cc(I)ccc1NC1=C(F)N2ONC=C2C=C1OC(=O)O. The molecule has 0 aromatic heterocycles. The van der Waals surface area contributed by atoms with Crippen LogP contribution in [0.15, 0.2) is 53.6 Å². The third-order valence-corrected chi connectivity index (χ3v) is 3.81. The van der Waals surface area contributed by atoms with E-state index in [-0.39, 0.29) is 17.2 Å². The fourth-order valence-corrected chi connectivity index (χ4v) is 2.75. The Morgan fingerprint density at radius 3 is 3.00 bits per heavy atom. The minimum atomic E-state index is -1.54. The molecule has 0 saturated heterocycles. The summed E-state index contributed by atoms with van der Waals surface area (Å²) in [4.78, 5) is 15.8. The van der Waals surface area contributed by atoms with Crippen molar-refractivity contribution in [2.75, 3.05) is 5.32 Å². The van der Waals surface area contributed by atoms with Crippen LogP contribution >= 0.6 is 22.6 Å². The maximum atomic E-state index is 14.6. The third kappa shape index (κ3) is 3.10. The lowest BCUT2D eigenvalue weighted by molar-refractivity contribution is -0.138. The van der Waals surface area contributed by atoms with Crippen LogP contribution in [0.25, 0.3) is 0 Å². The van der Waals surface area contributed by atoms with E-state index in [9.17, 15) is 9.18 Å². The topological polar surface area (TPSA) is 83.1 Å². The van der Waals surface area contributed by atoms with Gasteiger partial charge in [-0.1, -0.05) is 0 Å². The van der Waals surface area contributed by atoms with Gasteiger partial charge in [0.25, 0.3) is 0 Å². The number of rotatable bonds is 3. The molecule has 120 valence electrons. The Hall–Kier alpha value is -2.27. The average Bonchev–Trinajstić information content (AvgIpc) is 2.93. The second-order valence-electron chi connectivity index (χ2n) is 4.70. The van der Waals surface area contributed by atoms with Crippen LogP contribution in [-0.2, 0) is 9.68 Å². The van der Waals surface area contributed by atoms with Gasteiger partial charge in [0.2, 0.25) is 5.95 Å². The molecule has 0 bridgehead atoms. The molecule has 2 heterocycles. The molecule has 0 aliphatic carbocycles. The number of nitrogens with zero attached hydrogens (tertiary/aromatic N) is 1. The number of benzene rings is 1. The molecule has 2 aliphatic rings. The number of carboxylic acid groups (broad SMARTS) is 1. The van der Waals surface area contributed by atoms with Crippen molar-refractivity contribution in [1.29, 1.82) is 0 Å². The maximum absolute atomic E-state index is 14.6. The Morgan fingerprint density at radius 1 is 1.52 bits per heavy atom. The largest absolute Gasteiger partial charge is 0.511 e. The zero-order valence-electron chi connectivity index (χ0n) is 11.8. The number of hydroxylamine groups is 3. The number of fused-ring (bicyclic) bond motifs is 1. The zero-order chi connectivity index (χ0) is 16.6. The van der Waals surface area contributed by atoms with Gasteiger partial charge in [0.1, 0.15) is 5.70 Å². The summed E-state index contributed by atoms with van der Waals surface area (Å²) in [5.41, 5.74) is 4.01. The van der Waals surface area contributed by atoms with Gasteiger partial charge in [0.15, 0.2) is 5.76 Å². The number of hydrogen-bond donors (Lipinski definition) is 3. The summed E-state index contributed by atoms with van der Waals surface area (Å²) in [6.45, 7) is 1.85. The van der Waals surface area contributed by atoms with Crippen LogP contribution in [-0.4, -0.2) is 16.3 Å². The molecule has 3 N–H and O–H groups in total. The highest BCUT2D eigenvalue weighted by molar-refractivity contribution is 14.1. The Kier molecular flexibility index (Phi) is 4.13. The number of anilines is 1. The fourth-order valence-electron chi connectivity index (χ4n) is 2.10. The summed E-state index contributed by atoms with van der Waals surface area (Å²) in [6.07, 6.45) is 1.18. The first-order valence-corrected chi connectivity index (χ1v) is 7.52. The summed E-state index contributed by atoms with van der Waals surface area (Å²) in [5, 5.41) is 12.6. The van der Waals surface area contributed by atoms with Crippen molar-refractivity contribution in [3.8, 4) is 0 Å². The lowest BCUT2D eigenvalue weighted by Crippen LogP contribution is -2.26. The second kappa shape index (κ2) is 6.08. The Balaban J connectivity index is 1.99.